The second-order valence-corrected chi connectivity index (χ2v) is 15.9. The van der Waals surface area contributed by atoms with Gasteiger partial charge in [0.05, 0.1) is 30.2 Å². The molecule has 11 heteroatoms. The highest BCUT2D eigenvalue weighted by atomic mass is 32.2. The Labute approximate surface area is 268 Å². The molecule has 2 aliphatic heterocycles. The summed E-state index contributed by atoms with van der Waals surface area (Å²) in [5.74, 6) is -0.252. The van der Waals surface area contributed by atoms with E-state index >= 15 is 0 Å². The number of ether oxygens (including phenoxy) is 1. The maximum atomic E-state index is 13.8. The topological polar surface area (TPSA) is 128 Å². The SMILES string of the molecule is CC(C)C(NC[C@@H](O)[C@H](Cc1ccccc1)N(NC(=O)CN1CCCC1)C(=O)CC(C)(C)C)S(=O)(=O)c1ccc2c(c1)CCO2. The molecule has 3 N–H and O–H groups in total. The van der Waals surface area contributed by atoms with Crippen molar-refractivity contribution >= 4 is 21.7 Å². The average molecular weight is 643 g/mol. The van der Waals surface area contributed by atoms with Crippen LogP contribution in [0.1, 0.15) is 65.0 Å². The minimum Gasteiger partial charge on any atom is -0.493 e. The number of fused-ring (bicyclic) bond motifs is 1. The fourth-order valence-electron chi connectivity index (χ4n) is 6.00. The number of aliphatic hydroxyl groups is 1. The molecule has 0 bridgehead atoms. The Hall–Kier alpha value is -2.99. The summed E-state index contributed by atoms with van der Waals surface area (Å²) in [5.41, 5.74) is 4.21. The first-order valence-electron chi connectivity index (χ1n) is 16.0. The van der Waals surface area contributed by atoms with Crippen LogP contribution in [0.25, 0.3) is 0 Å². The van der Waals surface area contributed by atoms with E-state index in [0.29, 0.717) is 18.8 Å². The molecule has 2 aliphatic rings. The normalized spacial score (nSPS) is 17.4. The first-order valence-corrected chi connectivity index (χ1v) is 17.6. The van der Waals surface area contributed by atoms with Gasteiger partial charge in [-0.25, -0.2) is 13.4 Å². The largest absolute Gasteiger partial charge is 0.493 e. The highest BCUT2D eigenvalue weighted by molar-refractivity contribution is 7.92. The van der Waals surface area contributed by atoms with Crippen LogP contribution in [0.3, 0.4) is 0 Å². The molecule has 248 valence electrons. The Morgan fingerprint density at radius 1 is 1.07 bits per heavy atom. The van der Waals surface area contributed by atoms with Crippen molar-refractivity contribution in [3.8, 4) is 5.75 Å². The van der Waals surface area contributed by atoms with Crippen molar-refractivity contribution in [3.63, 3.8) is 0 Å². The van der Waals surface area contributed by atoms with E-state index in [9.17, 15) is 23.1 Å². The first-order chi connectivity index (χ1) is 21.2. The highest BCUT2D eigenvalue weighted by Crippen LogP contribution is 2.30. The van der Waals surface area contributed by atoms with Crippen LogP contribution >= 0.6 is 0 Å². The monoisotopic (exact) mass is 642 g/mol. The van der Waals surface area contributed by atoms with Gasteiger partial charge in [-0.05, 0) is 73.0 Å². The average Bonchev–Trinajstić information content (AvgIpc) is 3.66. The molecule has 3 atom stereocenters. The van der Waals surface area contributed by atoms with Gasteiger partial charge in [-0.15, -0.1) is 0 Å². The van der Waals surface area contributed by atoms with E-state index in [2.05, 4.69) is 15.6 Å². The van der Waals surface area contributed by atoms with Gasteiger partial charge in [0.25, 0.3) is 5.91 Å². The minimum atomic E-state index is -3.83. The predicted molar refractivity (Wildman–Crippen MR) is 174 cm³/mol. The molecule has 2 heterocycles. The molecule has 2 amide bonds. The van der Waals surface area contributed by atoms with Gasteiger partial charge < -0.3 is 9.84 Å². The lowest BCUT2D eigenvalue weighted by molar-refractivity contribution is -0.149. The molecule has 0 saturated carbocycles. The lowest BCUT2D eigenvalue weighted by atomic mass is 9.91. The molecule has 1 fully saturated rings. The summed E-state index contributed by atoms with van der Waals surface area (Å²) in [6.07, 6.45) is 1.91. The Bertz CT molecular complexity index is 1400. The zero-order chi connectivity index (χ0) is 32.8. The third-order valence-electron chi connectivity index (χ3n) is 8.28. The van der Waals surface area contributed by atoms with Gasteiger partial charge in [0.2, 0.25) is 5.91 Å². The van der Waals surface area contributed by atoms with Crippen LogP contribution in [0.15, 0.2) is 53.4 Å². The number of likely N-dealkylation sites (tertiary alicyclic amines) is 1. The molecule has 0 radical (unpaired) electrons. The molecule has 2 aromatic rings. The summed E-state index contributed by atoms with van der Waals surface area (Å²) in [5, 5.41) is 15.2. The molecule has 2 aromatic carbocycles. The number of carbonyl (C=O) groups is 2. The molecular weight excluding hydrogens is 592 g/mol. The van der Waals surface area contributed by atoms with Crippen LogP contribution in [0.5, 0.6) is 5.75 Å². The van der Waals surface area contributed by atoms with Gasteiger partial charge in [-0.3, -0.25) is 25.2 Å². The van der Waals surface area contributed by atoms with Gasteiger partial charge in [-0.1, -0.05) is 65.0 Å². The number of hydrogen-bond donors (Lipinski definition) is 3. The third kappa shape index (κ3) is 9.51. The number of nitrogens with one attached hydrogen (secondary N) is 2. The lowest BCUT2D eigenvalue weighted by Gasteiger charge is -2.37. The fraction of sp³-hybridized carbons (Fsp3) is 0.588. The smallest absolute Gasteiger partial charge is 0.252 e. The fourth-order valence-corrected chi connectivity index (χ4v) is 7.89. The summed E-state index contributed by atoms with van der Waals surface area (Å²) < 4.78 is 33.2. The van der Waals surface area contributed by atoms with Crippen LogP contribution in [0, 0.1) is 11.3 Å². The van der Waals surface area contributed by atoms with Crippen LogP contribution in [-0.4, -0.2) is 85.6 Å². The van der Waals surface area contributed by atoms with Crippen LogP contribution in [0.4, 0.5) is 0 Å². The van der Waals surface area contributed by atoms with Gasteiger partial charge in [0.15, 0.2) is 9.84 Å². The van der Waals surface area contributed by atoms with Crippen LogP contribution in [0.2, 0.25) is 0 Å². The third-order valence-corrected chi connectivity index (χ3v) is 10.6. The maximum absolute atomic E-state index is 13.8. The van der Waals surface area contributed by atoms with Gasteiger partial charge >= 0.3 is 0 Å². The second-order valence-electron chi connectivity index (χ2n) is 13.8. The lowest BCUT2D eigenvalue weighted by Crippen LogP contribution is -2.60. The maximum Gasteiger partial charge on any atom is 0.252 e. The summed E-state index contributed by atoms with van der Waals surface area (Å²) in [4.78, 5) is 29.3. The van der Waals surface area contributed by atoms with Crippen molar-refractivity contribution in [2.45, 2.75) is 89.1 Å². The number of hydrazine groups is 1. The Morgan fingerprint density at radius 3 is 2.40 bits per heavy atom. The Kier molecular flexibility index (Phi) is 11.7. The van der Waals surface area contributed by atoms with E-state index < -0.39 is 27.4 Å². The molecule has 0 aliphatic carbocycles. The second kappa shape index (κ2) is 15.1. The Morgan fingerprint density at radius 2 is 1.76 bits per heavy atom. The van der Waals surface area contributed by atoms with E-state index in [1.807, 2.05) is 65.0 Å². The summed E-state index contributed by atoms with van der Waals surface area (Å²) >= 11 is 0. The van der Waals surface area contributed by atoms with E-state index in [1.165, 1.54) is 5.01 Å². The Balaban J connectivity index is 1.59. The number of nitrogens with zero attached hydrogens (tertiary/aromatic N) is 2. The van der Waals surface area contributed by atoms with Crippen molar-refractivity contribution in [2.75, 3.05) is 32.8 Å². The van der Waals surface area contributed by atoms with Gasteiger partial charge in [0, 0.05) is 19.4 Å². The van der Waals surface area contributed by atoms with Crippen molar-refractivity contribution in [3.05, 3.63) is 59.7 Å². The molecule has 0 spiro atoms. The van der Waals surface area contributed by atoms with Gasteiger partial charge in [-0.2, -0.15) is 0 Å². The number of rotatable bonds is 13. The zero-order valence-electron chi connectivity index (χ0n) is 27.3. The number of benzene rings is 2. The van der Waals surface area contributed by atoms with Gasteiger partial charge in [0.1, 0.15) is 11.1 Å². The van der Waals surface area contributed by atoms with E-state index in [-0.39, 0.29) is 54.0 Å². The quantitative estimate of drug-likeness (QED) is 0.284. The molecule has 1 unspecified atom stereocenters. The minimum absolute atomic E-state index is 0.116. The highest BCUT2D eigenvalue weighted by Gasteiger charge is 2.36. The van der Waals surface area contributed by atoms with Crippen molar-refractivity contribution in [2.24, 2.45) is 11.3 Å². The summed E-state index contributed by atoms with van der Waals surface area (Å²) in [6.45, 7) is 11.7. The molecule has 0 aromatic heterocycles. The predicted octanol–water partition coefficient (Wildman–Crippen LogP) is 3.33. The molecule has 45 heavy (non-hydrogen) atoms. The van der Waals surface area contributed by atoms with E-state index in [4.69, 9.17) is 4.74 Å². The first kappa shape index (κ1) is 34.9. The van der Waals surface area contributed by atoms with Crippen molar-refractivity contribution < 1.29 is 27.9 Å². The number of hydrogen-bond acceptors (Lipinski definition) is 8. The standard InChI is InChI=1S/C34H50N4O6S/c1-24(2)33(45(42,43)27-13-14-30-26(20-27)15-18-44-30)35-22-29(39)28(19-25-11-7-6-8-12-25)38(32(41)21-34(3,4)5)36-31(40)23-37-16-9-10-17-37/h6-8,11-14,20,24,28-29,33,35,39H,9-10,15-19,21-23H2,1-5H3,(H,36,40)/t28-,29+,33?/m0/s1. The summed E-state index contributed by atoms with van der Waals surface area (Å²) in [7, 11) is -3.83. The molecule has 4 rings (SSSR count). The van der Waals surface area contributed by atoms with Crippen molar-refractivity contribution in [1.29, 1.82) is 0 Å². The zero-order valence-corrected chi connectivity index (χ0v) is 28.1. The van der Waals surface area contributed by atoms with E-state index in [0.717, 1.165) is 37.1 Å². The number of carbonyl (C=O) groups excluding carboxylic acids is 2. The molecular formula is C34H50N4O6S. The van der Waals surface area contributed by atoms with Crippen LogP contribution < -0.4 is 15.5 Å². The summed E-state index contributed by atoms with van der Waals surface area (Å²) in [6, 6.07) is 13.5. The number of amides is 2. The molecule has 1 saturated heterocycles. The molecule has 10 nitrogen and oxygen atoms in total. The van der Waals surface area contributed by atoms with E-state index in [1.54, 1.807) is 18.2 Å². The number of sulfone groups is 1. The number of aliphatic hydroxyl groups excluding tert-OH is 1. The van der Waals surface area contributed by atoms with Crippen molar-refractivity contribution in [1.82, 2.24) is 20.7 Å². The van der Waals surface area contributed by atoms with Crippen LogP contribution in [-0.2, 0) is 32.3 Å².